The highest BCUT2D eigenvalue weighted by Gasteiger charge is 2.10. The first-order valence-corrected chi connectivity index (χ1v) is 6.68. The number of hydrogen-bond donors (Lipinski definition) is 1. The maximum absolute atomic E-state index is 4.46. The van der Waals surface area contributed by atoms with Crippen LogP contribution in [0.2, 0.25) is 0 Å². The van der Waals surface area contributed by atoms with Crippen LogP contribution in [0, 0.1) is 20.8 Å². The lowest BCUT2D eigenvalue weighted by Gasteiger charge is -2.11. The van der Waals surface area contributed by atoms with E-state index < -0.39 is 0 Å². The lowest BCUT2D eigenvalue weighted by molar-refractivity contribution is 0.666. The van der Waals surface area contributed by atoms with E-state index in [9.17, 15) is 0 Å². The van der Waals surface area contributed by atoms with Gasteiger partial charge in [0.15, 0.2) is 0 Å². The topological polar surface area (TPSA) is 55.6 Å². The molecule has 0 unspecified atom stereocenters. The van der Waals surface area contributed by atoms with Crippen LogP contribution >= 0.6 is 0 Å². The zero-order chi connectivity index (χ0) is 13.8. The predicted octanol–water partition coefficient (Wildman–Crippen LogP) is 2.09. The Bertz CT molecular complexity index is 559. The van der Waals surface area contributed by atoms with Crippen LogP contribution in [0.4, 0.5) is 0 Å². The summed E-state index contributed by atoms with van der Waals surface area (Å²) in [5, 5.41) is 7.87. The van der Waals surface area contributed by atoms with Gasteiger partial charge in [0.05, 0.1) is 5.69 Å². The summed E-state index contributed by atoms with van der Waals surface area (Å²) in [5.41, 5.74) is 3.20. The largest absolute Gasteiger partial charge is 0.313 e. The summed E-state index contributed by atoms with van der Waals surface area (Å²) in [6.45, 7) is 9.83. The fourth-order valence-electron chi connectivity index (χ4n) is 2.06. The second-order valence-corrected chi connectivity index (χ2v) is 4.75. The van der Waals surface area contributed by atoms with Crippen LogP contribution in [0.3, 0.4) is 0 Å². The Kier molecular flexibility index (Phi) is 4.27. The van der Waals surface area contributed by atoms with E-state index in [0.717, 1.165) is 48.1 Å². The molecular formula is C14H21N5. The standard InChI is InChI=1S/C14H21N5/c1-5-6-15-8-13-9-16-10(2)7-14(13)19-12(4)17-11(3)18-19/h7,9,15H,5-6,8H2,1-4H3. The van der Waals surface area contributed by atoms with Crippen molar-refractivity contribution in [3.05, 3.63) is 35.2 Å². The van der Waals surface area contributed by atoms with Crippen LogP contribution in [0.25, 0.3) is 5.69 Å². The van der Waals surface area contributed by atoms with Gasteiger partial charge in [0.25, 0.3) is 0 Å². The Morgan fingerprint density at radius 2 is 2.05 bits per heavy atom. The maximum atomic E-state index is 4.46. The van der Waals surface area contributed by atoms with E-state index in [4.69, 9.17) is 0 Å². The molecule has 5 heteroatoms. The van der Waals surface area contributed by atoms with Crippen molar-refractivity contribution in [2.24, 2.45) is 0 Å². The SMILES string of the molecule is CCCNCc1cnc(C)cc1-n1nc(C)nc1C. The third-order valence-electron chi connectivity index (χ3n) is 2.94. The molecule has 1 N–H and O–H groups in total. The third kappa shape index (κ3) is 3.17. The van der Waals surface area contributed by atoms with Crippen molar-refractivity contribution in [2.45, 2.75) is 40.7 Å². The number of aromatic nitrogens is 4. The van der Waals surface area contributed by atoms with Gasteiger partial charge in [-0.1, -0.05) is 6.92 Å². The van der Waals surface area contributed by atoms with Gasteiger partial charge in [0, 0.05) is 24.0 Å². The molecule has 5 nitrogen and oxygen atoms in total. The van der Waals surface area contributed by atoms with Crippen LogP contribution in [0.5, 0.6) is 0 Å². The van der Waals surface area contributed by atoms with Crippen molar-refractivity contribution in [1.29, 1.82) is 0 Å². The molecule has 0 saturated carbocycles. The van der Waals surface area contributed by atoms with Gasteiger partial charge in [-0.3, -0.25) is 4.98 Å². The molecule has 2 aromatic rings. The third-order valence-corrected chi connectivity index (χ3v) is 2.94. The quantitative estimate of drug-likeness (QED) is 0.835. The molecule has 102 valence electrons. The van der Waals surface area contributed by atoms with Gasteiger partial charge in [-0.15, -0.1) is 0 Å². The molecular weight excluding hydrogens is 238 g/mol. The molecule has 0 radical (unpaired) electrons. The summed E-state index contributed by atoms with van der Waals surface area (Å²) >= 11 is 0. The van der Waals surface area contributed by atoms with Crippen LogP contribution in [-0.2, 0) is 6.54 Å². The van der Waals surface area contributed by atoms with Gasteiger partial charge >= 0.3 is 0 Å². The van der Waals surface area contributed by atoms with Crippen molar-refractivity contribution >= 4 is 0 Å². The molecule has 0 amide bonds. The van der Waals surface area contributed by atoms with Crippen molar-refractivity contribution in [2.75, 3.05) is 6.54 Å². The van der Waals surface area contributed by atoms with Crippen molar-refractivity contribution in [3.63, 3.8) is 0 Å². The van der Waals surface area contributed by atoms with Crippen LogP contribution in [0.1, 0.15) is 36.3 Å². The molecule has 0 fully saturated rings. The number of pyridine rings is 1. The second-order valence-electron chi connectivity index (χ2n) is 4.75. The zero-order valence-corrected chi connectivity index (χ0v) is 12.1. The first kappa shape index (κ1) is 13.7. The van der Waals surface area contributed by atoms with E-state index in [1.165, 1.54) is 0 Å². The monoisotopic (exact) mass is 259 g/mol. The minimum Gasteiger partial charge on any atom is -0.313 e. The lowest BCUT2D eigenvalue weighted by Crippen LogP contribution is -2.16. The number of aryl methyl sites for hydroxylation is 3. The van der Waals surface area contributed by atoms with Gasteiger partial charge in [-0.25, -0.2) is 9.67 Å². The normalized spacial score (nSPS) is 10.9. The Balaban J connectivity index is 2.37. The first-order valence-electron chi connectivity index (χ1n) is 6.68. The summed E-state index contributed by atoms with van der Waals surface area (Å²) in [6.07, 6.45) is 3.04. The Morgan fingerprint density at radius 3 is 2.68 bits per heavy atom. The van der Waals surface area contributed by atoms with E-state index >= 15 is 0 Å². The molecule has 0 aliphatic rings. The maximum Gasteiger partial charge on any atom is 0.148 e. The Labute approximate surface area is 114 Å². The molecule has 0 aliphatic carbocycles. The fraction of sp³-hybridized carbons (Fsp3) is 0.500. The second kappa shape index (κ2) is 5.93. The molecule has 0 atom stereocenters. The van der Waals surface area contributed by atoms with E-state index in [2.05, 4.69) is 33.4 Å². The average molecular weight is 259 g/mol. The lowest BCUT2D eigenvalue weighted by atomic mass is 10.2. The van der Waals surface area contributed by atoms with E-state index in [-0.39, 0.29) is 0 Å². The summed E-state index contributed by atoms with van der Waals surface area (Å²) < 4.78 is 1.90. The first-order chi connectivity index (χ1) is 9.11. The Hall–Kier alpha value is -1.75. The zero-order valence-electron chi connectivity index (χ0n) is 12.1. The van der Waals surface area contributed by atoms with E-state index in [1.54, 1.807) is 0 Å². The van der Waals surface area contributed by atoms with Gasteiger partial charge in [0.2, 0.25) is 0 Å². The highest BCUT2D eigenvalue weighted by atomic mass is 15.3. The molecule has 2 heterocycles. The predicted molar refractivity (Wildman–Crippen MR) is 75.4 cm³/mol. The summed E-state index contributed by atoms with van der Waals surface area (Å²) in [5.74, 6) is 1.69. The summed E-state index contributed by atoms with van der Waals surface area (Å²) in [7, 11) is 0. The highest BCUT2D eigenvalue weighted by molar-refractivity contribution is 5.40. The highest BCUT2D eigenvalue weighted by Crippen LogP contribution is 2.16. The Morgan fingerprint density at radius 1 is 1.26 bits per heavy atom. The number of rotatable bonds is 5. The van der Waals surface area contributed by atoms with Crippen molar-refractivity contribution in [3.8, 4) is 5.69 Å². The van der Waals surface area contributed by atoms with Crippen LogP contribution in [0.15, 0.2) is 12.3 Å². The molecule has 0 aromatic carbocycles. The van der Waals surface area contributed by atoms with E-state index in [0.29, 0.717) is 0 Å². The van der Waals surface area contributed by atoms with Crippen LogP contribution in [-0.4, -0.2) is 26.3 Å². The van der Waals surface area contributed by atoms with Gasteiger partial charge < -0.3 is 5.32 Å². The molecule has 0 aliphatic heterocycles. The van der Waals surface area contributed by atoms with Gasteiger partial charge in [-0.2, -0.15) is 5.10 Å². The number of hydrogen-bond acceptors (Lipinski definition) is 4. The molecule has 2 aromatic heterocycles. The van der Waals surface area contributed by atoms with Crippen molar-refractivity contribution in [1.82, 2.24) is 25.1 Å². The van der Waals surface area contributed by atoms with Crippen molar-refractivity contribution < 1.29 is 0 Å². The van der Waals surface area contributed by atoms with Gasteiger partial charge in [0.1, 0.15) is 11.6 Å². The smallest absolute Gasteiger partial charge is 0.148 e. The van der Waals surface area contributed by atoms with E-state index in [1.807, 2.05) is 31.6 Å². The average Bonchev–Trinajstić information content (AvgIpc) is 2.70. The molecule has 0 bridgehead atoms. The molecule has 0 saturated heterocycles. The molecule has 2 rings (SSSR count). The molecule has 19 heavy (non-hydrogen) atoms. The van der Waals surface area contributed by atoms with Crippen LogP contribution < -0.4 is 5.32 Å². The minimum atomic E-state index is 0.791. The number of nitrogens with one attached hydrogen (secondary N) is 1. The van der Waals surface area contributed by atoms with Gasteiger partial charge in [-0.05, 0) is 39.8 Å². The minimum absolute atomic E-state index is 0.791. The molecule has 0 spiro atoms. The summed E-state index contributed by atoms with van der Waals surface area (Å²) in [4.78, 5) is 8.74. The summed E-state index contributed by atoms with van der Waals surface area (Å²) in [6, 6.07) is 2.06. The fourth-order valence-corrected chi connectivity index (χ4v) is 2.06. The number of nitrogens with zero attached hydrogens (tertiary/aromatic N) is 4.